The van der Waals surface area contributed by atoms with Gasteiger partial charge in [-0.25, -0.2) is 9.97 Å². The van der Waals surface area contributed by atoms with Crippen LogP contribution in [0.3, 0.4) is 0 Å². The van der Waals surface area contributed by atoms with Gasteiger partial charge in [0.2, 0.25) is 6.39 Å². The zero-order chi connectivity index (χ0) is 15.9. The summed E-state index contributed by atoms with van der Waals surface area (Å²) >= 11 is 0. The maximum absolute atomic E-state index is 4.83. The minimum absolute atomic E-state index is 0.666. The lowest BCUT2D eigenvalue weighted by atomic mass is 9.83. The average Bonchev–Trinajstić information content (AvgIpc) is 3.22. The normalized spacial score (nSPS) is 27.4. The van der Waals surface area contributed by atoms with Crippen molar-refractivity contribution < 1.29 is 4.52 Å². The predicted octanol–water partition coefficient (Wildman–Crippen LogP) is 1.70. The highest BCUT2D eigenvalue weighted by Crippen LogP contribution is 2.37. The van der Waals surface area contributed by atoms with Crippen molar-refractivity contribution in [1.29, 1.82) is 0 Å². The summed E-state index contributed by atoms with van der Waals surface area (Å²) in [4.78, 5) is 18.0. The van der Waals surface area contributed by atoms with Gasteiger partial charge in [0, 0.05) is 43.9 Å². The first-order valence-corrected chi connectivity index (χ1v) is 8.89. The van der Waals surface area contributed by atoms with Crippen LogP contribution in [0.2, 0.25) is 0 Å². The van der Waals surface area contributed by atoms with Gasteiger partial charge in [-0.15, -0.1) is 0 Å². The smallest absolute Gasteiger partial charge is 0.213 e. The summed E-state index contributed by atoms with van der Waals surface area (Å²) in [5, 5.41) is 3.92. The molecule has 2 aliphatic heterocycles. The molecule has 0 spiro atoms. The van der Waals surface area contributed by atoms with E-state index in [0.717, 1.165) is 44.4 Å². The van der Waals surface area contributed by atoms with Gasteiger partial charge >= 0.3 is 0 Å². The van der Waals surface area contributed by atoms with Gasteiger partial charge in [0.1, 0.15) is 12.1 Å². The van der Waals surface area contributed by atoms with E-state index >= 15 is 0 Å². The topological polar surface area (TPSA) is 71.2 Å². The molecule has 7 nitrogen and oxygen atoms in total. The van der Waals surface area contributed by atoms with Gasteiger partial charge in [-0.3, -0.25) is 4.90 Å². The number of hydrogen-bond donors (Lipinski definition) is 0. The molecule has 126 valence electrons. The minimum atomic E-state index is 0.666. The van der Waals surface area contributed by atoms with E-state index in [4.69, 9.17) is 4.52 Å². The molecule has 2 unspecified atom stereocenters. The fourth-order valence-electron chi connectivity index (χ4n) is 4.33. The molecule has 0 bridgehead atoms. The first-order chi connectivity index (χ1) is 11.8. The number of nitrogens with zero attached hydrogens (tertiary/aromatic N) is 6. The fourth-order valence-corrected chi connectivity index (χ4v) is 4.33. The van der Waals surface area contributed by atoms with Crippen LogP contribution >= 0.6 is 0 Å². The minimum Gasteiger partial charge on any atom is -0.356 e. The van der Waals surface area contributed by atoms with E-state index in [1.165, 1.54) is 31.4 Å². The van der Waals surface area contributed by atoms with Crippen molar-refractivity contribution in [3.05, 3.63) is 30.3 Å². The van der Waals surface area contributed by atoms with E-state index in [1.807, 2.05) is 0 Å². The average molecular weight is 326 g/mol. The lowest BCUT2D eigenvalue weighted by Gasteiger charge is -2.26. The second-order valence-electron chi connectivity index (χ2n) is 7.40. The van der Waals surface area contributed by atoms with Crippen LogP contribution in [0.15, 0.2) is 23.3 Å². The zero-order valence-electron chi connectivity index (χ0n) is 13.7. The third-order valence-corrected chi connectivity index (χ3v) is 5.86. The van der Waals surface area contributed by atoms with Crippen LogP contribution < -0.4 is 4.90 Å². The Morgan fingerprint density at radius 2 is 1.88 bits per heavy atom. The number of likely N-dealkylation sites (tertiary alicyclic amines) is 1. The number of anilines is 1. The van der Waals surface area contributed by atoms with Crippen molar-refractivity contribution >= 4 is 5.82 Å². The molecule has 3 fully saturated rings. The van der Waals surface area contributed by atoms with Crippen LogP contribution in [0.1, 0.15) is 36.7 Å². The molecular formula is C17H22N6O. The summed E-state index contributed by atoms with van der Waals surface area (Å²) in [5.41, 5.74) is 1.24. The number of fused-ring (bicyclic) bond motifs is 1. The third-order valence-electron chi connectivity index (χ3n) is 5.86. The van der Waals surface area contributed by atoms with Gasteiger partial charge in [-0.2, -0.15) is 4.98 Å². The highest BCUT2D eigenvalue weighted by atomic mass is 16.5. The summed E-state index contributed by atoms with van der Waals surface area (Å²) in [6, 6.07) is 2.22. The van der Waals surface area contributed by atoms with Gasteiger partial charge in [0.15, 0.2) is 5.82 Å². The number of aromatic nitrogens is 4. The first-order valence-electron chi connectivity index (χ1n) is 8.89. The standard InChI is InChI=1S/C17H22N6O/c1-2-12(3-1)15-4-17(19-10-18-15)23-7-13-5-22(6-14(13)8-23)9-16-20-11-24-21-16/h4,10-14H,1-3,5-9H2. The number of hydrogen-bond acceptors (Lipinski definition) is 7. The molecule has 0 radical (unpaired) electrons. The Labute approximate surface area is 141 Å². The van der Waals surface area contributed by atoms with Crippen LogP contribution in [0.4, 0.5) is 5.82 Å². The van der Waals surface area contributed by atoms with E-state index < -0.39 is 0 Å². The Bertz CT molecular complexity index is 687. The molecule has 0 aromatic carbocycles. The molecule has 4 heterocycles. The Morgan fingerprint density at radius 3 is 2.54 bits per heavy atom. The molecule has 0 amide bonds. The predicted molar refractivity (Wildman–Crippen MR) is 87.4 cm³/mol. The Kier molecular flexibility index (Phi) is 3.47. The van der Waals surface area contributed by atoms with Crippen molar-refractivity contribution in [2.75, 3.05) is 31.1 Å². The molecule has 3 aliphatic rings. The van der Waals surface area contributed by atoms with E-state index in [2.05, 4.69) is 36.0 Å². The maximum atomic E-state index is 4.83. The lowest BCUT2D eigenvalue weighted by molar-refractivity contribution is 0.293. The SMILES string of the molecule is c1nc(C2CCC2)cc(N2CC3CN(Cc4ncon4)CC3C2)n1. The third kappa shape index (κ3) is 2.56. The van der Waals surface area contributed by atoms with Gasteiger partial charge in [-0.1, -0.05) is 11.6 Å². The van der Waals surface area contributed by atoms with Crippen molar-refractivity contribution in [1.82, 2.24) is 25.0 Å². The highest BCUT2D eigenvalue weighted by molar-refractivity contribution is 5.42. The molecule has 2 aromatic rings. The van der Waals surface area contributed by atoms with Crippen LogP contribution in [-0.4, -0.2) is 51.2 Å². The molecule has 7 heteroatoms. The molecule has 0 N–H and O–H groups in total. The molecule has 2 aromatic heterocycles. The maximum Gasteiger partial charge on any atom is 0.213 e. The summed E-state index contributed by atoms with van der Waals surface area (Å²) < 4.78 is 4.83. The fraction of sp³-hybridized carbons (Fsp3) is 0.647. The van der Waals surface area contributed by atoms with E-state index in [9.17, 15) is 0 Å². The highest BCUT2D eigenvalue weighted by Gasteiger charge is 2.40. The monoisotopic (exact) mass is 326 g/mol. The van der Waals surface area contributed by atoms with Crippen molar-refractivity contribution in [2.24, 2.45) is 11.8 Å². The van der Waals surface area contributed by atoms with Crippen molar-refractivity contribution in [3.8, 4) is 0 Å². The van der Waals surface area contributed by atoms with Crippen LogP contribution in [0.25, 0.3) is 0 Å². The summed E-state index contributed by atoms with van der Waals surface area (Å²) in [6.07, 6.45) is 7.07. The Balaban J connectivity index is 1.23. The largest absolute Gasteiger partial charge is 0.356 e. The first kappa shape index (κ1) is 14.3. The second kappa shape index (κ2) is 5.81. The lowest BCUT2D eigenvalue weighted by Crippen LogP contribution is -2.29. The Morgan fingerprint density at radius 1 is 1.04 bits per heavy atom. The van der Waals surface area contributed by atoms with Crippen molar-refractivity contribution in [3.63, 3.8) is 0 Å². The van der Waals surface area contributed by atoms with Crippen molar-refractivity contribution in [2.45, 2.75) is 31.7 Å². The molecular weight excluding hydrogens is 304 g/mol. The van der Waals surface area contributed by atoms with Crippen LogP contribution in [-0.2, 0) is 6.54 Å². The van der Waals surface area contributed by atoms with Gasteiger partial charge in [0.05, 0.1) is 6.54 Å². The summed E-state index contributed by atoms with van der Waals surface area (Å²) in [5.74, 6) is 3.98. The molecule has 5 rings (SSSR count). The van der Waals surface area contributed by atoms with Gasteiger partial charge in [-0.05, 0) is 24.7 Å². The van der Waals surface area contributed by atoms with Crippen LogP contribution in [0, 0.1) is 11.8 Å². The molecule has 24 heavy (non-hydrogen) atoms. The Hall–Kier alpha value is -2.02. The molecule has 2 saturated heterocycles. The summed E-state index contributed by atoms with van der Waals surface area (Å²) in [6.45, 7) is 5.19. The van der Waals surface area contributed by atoms with Gasteiger partial charge in [0.25, 0.3) is 0 Å². The van der Waals surface area contributed by atoms with Crippen LogP contribution in [0.5, 0.6) is 0 Å². The quantitative estimate of drug-likeness (QED) is 0.846. The van der Waals surface area contributed by atoms with E-state index in [-0.39, 0.29) is 0 Å². The van der Waals surface area contributed by atoms with E-state index in [1.54, 1.807) is 6.33 Å². The van der Waals surface area contributed by atoms with E-state index in [0.29, 0.717) is 17.8 Å². The number of rotatable bonds is 4. The molecule has 1 aliphatic carbocycles. The molecule has 1 saturated carbocycles. The van der Waals surface area contributed by atoms with Gasteiger partial charge < -0.3 is 9.42 Å². The molecule has 2 atom stereocenters. The second-order valence-corrected chi connectivity index (χ2v) is 7.40. The zero-order valence-corrected chi connectivity index (χ0v) is 13.7. The summed E-state index contributed by atoms with van der Waals surface area (Å²) in [7, 11) is 0.